The van der Waals surface area contributed by atoms with E-state index >= 15 is 0 Å². The first-order valence-electron chi connectivity index (χ1n) is 11.0. The van der Waals surface area contributed by atoms with Crippen LogP contribution in [0.15, 0.2) is 29.4 Å². The molecule has 0 aliphatic heterocycles. The number of nitrogens with one attached hydrogen (secondary N) is 1. The van der Waals surface area contributed by atoms with Crippen molar-refractivity contribution in [3.05, 3.63) is 40.3 Å². The van der Waals surface area contributed by atoms with Crippen LogP contribution in [-0.4, -0.2) is 58.2 Å². The lowest BCUT2D eigenvalue weighted by atomic mass is 10.1. The van der Waals surface area contributed by atoms with Crippen LogP contribution in [0.1, 0.15) is 39.4 Å². The van der Waals surface area contributed by atoms with Crippen LogP contribution in [0.25, 0.3) is 11.4 Å². The van der Waals surface area contributed by atoms with E-state index in [1.54, 1.807) is 44.5 Å². The molecule has 1 amide bonds. The van der Waals surface area contributed by atoms with E-state index in [9.17, 15) is 23.2 Å². The Bertz CT molecular complexity index is 1280. The van der Waals surface area contributed by atoms with E-state index in [2.05, 4.69) is 20.3 Å². The average Bonchev–Trinajstić information content (AvgIpc) is 3.37. The van der Waals surface area contributed by atoms with Gasteiger partial charge in [0.15, 0.2) is 11.0 Å². The van der Waals surface area contributed by atoms with E-state index in [4.69, 9.17) is 9.47 Å². The van der Waals surface area contributed by atoms with Gasteiger partial charge in [-0.25, -0.2) is 9.59 Å². The maximum absolute atomic E-state index is 12.7. The Balaban J connectivity index is 1.72. The summed E-state index contributed by atoms with van der Waals surface area (Å²) < 4.78 is 40.8. The Morgan fingerprint density at radius 3 is 2.35 bits per heavy atom. The van der Waals surface area contributed by atoms with Crippen molar-refractivity contribution in [2.24, 2.45) is 7.05 Å². The maximum atomic E-state index is 12.7. The fourth-order valence-corrected chi connectivity index (χ4v) is 5.03. The molecule has 0 spiro atoms. The molecule has 37 heavy (non-hydrogen) atoms. The number of hydrogen-bond donors (Lipinski definition) is 1. The van der Waals surface area contributed by atoms with Gasteiger partial charge in [-0.15, -0.1) is 21.5 Å². The van der Waals surface area contributed by atoms with Gasteiger partial charge in [-0.3, -0.25) is 4.79 Å². The molecular weight excluding hydrogens is 530 g/mol. The number of aromatic nitrogens is 3. The molecule has 2 aromatic heterocycles. The number of esters is 2. The molecule has 0 fully saturated rings. The van der Waals surface area contributed by atoms with Crippen LogP contribution >= 0.6 is 23.1 Å². The fourth-order valence-electron chi connectivity index (χ4n) is 3.21. The Hall–Kier alpha value is -3.52. The molecule has 14 heteroatoms. The first-order chi connectivity index (χ1) is 17.7. The zero-order valence-electron chi connectivity index (χ0n) is 20.4. The van der Waals surface area contributed by atoms with Gasteiger partial charge in [0, 0.05) is 12.6 Å². The molecule has 0 aliphatic carbocycles. The molecule has 3 rings (SSSR count). The van der Waals surface area contributed by atoms with Crippen molar-refractivity contribution in [3.8, 4) is 17.1 Å². The van der Waals surface area contributed by atoms with E-state index in [0.29, 0.717) is 22.1 Å². The maximum Gasteiger partial charge on any atom is 0.387 e. The van der Waals surface area contributed by atoms with Crippen molar-refractivity contribution in [2.45, 2.75) is 32.5 Å². The van der Waals surface area contributed by atoms with Gasteiger partial charge in [-0.1, -0.05) is 11.8 Å². The molecule has 1 N–H and O–H groups in total. The number of hydrogen-bond acceptors (Lipinski definition) is 10. The Labute approximate surface area is 219 Å². The van der Waals surface area contributed by atoms with Crippen LogP contribution in [0.3, 0.4) is 0 Å². The van der Waals surface area contributed by atoms with Crippen LogP contribution in [0.4, 0.5) is 13.8 Å². The lowest BCUT2D eigenvalue weighted by Gasteiger charge is -2.08. The zero-order chi connectivity index (χ0) is 27.1. The SMILES string of the molecule is CCOC(=O)c1sc(NC(=O)CSc2nnc(-c3ccc(OC(F)F)cc3)n2C)c(C(=O)OCC)c1C. The highest BCUT2D eigenvalue weighted by molar-refractivity contribution is 7.99. The molecule has 1 aromatic carbocycles. The van der Waals surface area contributed by atoms with Crippen LogP contribution in [0.5, 0.6) is 5.75 Å². The highest BCUT2D eigenvalue weighted by Crippen LogP contribution is 2.34. The molecule has 198 valence electrons. The largest absolute Gasteiger partial charge is 0.462 e. The summed E-state index contributed by atoms with van der Waals surface area (Å²) in [4.78, 5) is 37.7. The van der Waals surface area contributed by atoms with Gasteiger partial charge in [0.2, 0.25) is 5.91 Å². The topological polar surface area (TPSA) is 122 Å². The van der Waals surface area contributed by atoms with Crippen LogP contribution < -0.4 is 10.1 Å². The molecular formula is C23H24F2N4O6S2. The summed E-state index contributed by atoms with van der Waals surface area (Å²) in [5, 5.41) is 11.5. The number of halogens is 2. The smallest absolute Gasteiger partial charge is 0.387 e. The summed E-state index contributed by atoms with van der Waals surface area (Å²) in [6.45, 7) is 2.28. The van der Waals surface area contributed by atoms with Crippen molar-refractivity contribution in [2.75, 3.05) is 24.3 Å². The van der Waals surface area contributed by atoms with Crippen molar-refractivity contribution in [1.82, 2.24) is 14.8 Å². The summed E-state index contributed by atoms with van der Waals surface area (Å²) >= 11 is 2.04. The number of alkyl halides is 2. The number of thiophene rings is 1. The number of ether oxygens (including phenoxy) is 3. The van der Waals surface area contributed by atoms with Crippen molar-refractivity contribution >= 4 is 45.9 Å². The molecule has 0 radical (unpaired) electrons. The molecule has 0 aliphatic rings. The third-order valence-electron chi connectivity index (χ3n) is 4.85. The Kier molecular flexibility index (Phi) is 9.58. The lowest BCUT2D eigenvalue weighted by Crippen LogP contribution is -2.16. The quantitative estimate of drug-likeness (QED) is 0.269. The third kappa shape index (κ3) is 6.83. The molecule has 0 bridgehead atoms. The van der Waals surface area contributed by atoms with Crippen LogP contribution in [0.2, 0.25) is 0 Å². The summed E-state index contributed by atoms with van der Waals surface area (Å²) in [6.07, 6.45) is 0. The van der Waals surface area contributed by atoms with E-state index in [0.717, 1.165) is 23.1 Å². The number of thioether (sulfide) groups is 1. The number of rotatable bonds is 11. The zero-order valence-corrected chi connectivity index (χ0v) is 22.0. The van der Waals surface area contributed by atoms with Crippen molar-refractivity contribution in [1.29, 1.82) is 0 Å². The normalized spacial score (nSPS) is 10.9. The van der Waals surface area contributed by atoms with E-state index in [-0.39, 0.29) is 40.2 Å². The highest BCUT2D eigenvalue weighted by Gasteiger charge is 2.27. The number of anilines is 1. The number of carbonyl (C=O) groups excluding carboxylic acids is 3. The predicted octanol–water partition coefficient (Wildman–Crippen LogP) is 4.54. The standard InChI is InChI=1S/C23H24F2N4O6S2/c1-5-33-20(31)16-12(3)17(21(32)34-6-2)37-19(16)26-15(30)11-36-23-28-27-18(29(23)4)13-7-9-14(10-8-13)35-22(24)25/h7-10,22H,5-6,11H2,1-4H3,(H,26,30). The molecule has 0 saturated carbocycles. The fraction of sp³-hybridized carbons (Fsp3) is 0.348. The van der Waals surface area contributed by atoms with Crippen molar-refractivity contribution in [3.63, 3.8) is 0 Å². The van der Waals surface area contributed by atoms with Gasteiger partial charge < -0.3 is 24.1 Å². The summed E-state index contributed by atoms with van der Waals surface area (Å²) in [6, 6.07) is 5.93. The van der Waals surface area contributed by atoms with Gasteiger partial charge >= 0.3 is 18.6 Å². The minimum absolute atomic E-state index is 0.0179. The molecule has 0 atom stereocenters. The highest BCUT2D eigenvalue weighted by atomic mass is 32.2. The van der Waals surface area contributed by atoms with Crippen LogP contribution in [-0.2, 0) is 21.3 Å². The van der Waals surface area contributed by atoms with Gasteiger partial charge in [0.05, 0.1) is 24.5 Å². The average molecular weight is 555 g/mol. The Morgan fingerprint density at radius 2 is 1.73 bits per heavy atom. The van der Waals surface area contributed by atoms with Gasteiger partial charge in [-0.05, 0) is 50.6 Å². The second-order valence-electron chi connectivity index (χ2n) is 7.31. The number of carbonyl (C=O) groups is 3. The number of amides is 1. The monoisotopic (exact) mass is 554 g/mol. The summed E-state index contributed by atoms with van der Waals surface area (Å²) in [7, 11) is 1.70. The summed E-state index contributed by atoms with van der Waals surface area (Å²) in [5.74, 6) is -1.27. The number of benzene rings is 1. The third-order valence-corrected chi connectivity index (χ3v) is 7.05. The Morgan fingerprint density at radius 1 is 1.08 bits per heavy atom. The van der Waals surface area contributed by atoms with Crippen LogP contribution in [0, 0.1) is 6.92 Å². The second kappa shape index (κ2) is 12.6. The molecule has 2 heterocycles. The summed E-state index contributed by atoms with van der Waals surface area (Å²) in [5.41, 5.74) is 1.09. The van der Waals surface area contributed by atoms with Gasteiger partial charge in [-0.2, -0.15) is 8.78 Å². The number of nitrogens with zero attached hydrogens (tertiary/aromatic N) is 3. The minimum Gasteiger partial charge on any atom is -0.462 e. The van der Waals surface area contributed by atoms with Crippen molar-refractivity contribution < 1.29 is 37.4 Å². The molecule has 0 saturated heterocycles. The van der Waals surface area contributed by atoms with Gasteiger partial charge in [0.1, 0.15) is 15.6 Å². The van der Waals surface area contributed by atoms with E-state index in [1.165, 1.54) is 12.1 Å². The first-order valence-corrected chi connectivity index (χ1v) is 12.8. The van der Waals surface area contributed by atoms with E-state index < -0.39 is 24.5 Å². The van der Waals surface area contributed by atoms with E-state index in [1.807, 2.05) is 0 Å². The lowest BCUT2D eigenvalue weighted by molar-refractivity contribution is -0.113. The predicted molar refractivity (Wildman–Crippen MR) is 133 cm³/mol. The van der Waals surface area contributed by atoms with Gasteiger partial charge in [0.25, 0.3) is 0 Å². The first kappa shape index (κ1) is 28.1. The molecule has 0 unspecified atom stereocenters. The molecule has 3 aromatic rings. The second-order valence-corrected chi connectivity index (χ2v) is 9.27. The molecule has 10 nitrogen and oxygen atoms in total. The minimum atomic E-state index is -2.92.